The summed E-state index contributed by atoms with van der Waals surface area (Å²) in [6, 6.07) is 7.03. The Bertz CT molecular complexity index is 1100. The quantitative estimate of drug-likeness (QED) is 0.252. The van der Waals surface area contributed by atoms with Crippen LogP contribution in [0.2, 0.25) is 0 Å². The van der Waals surface area contributed by atoms with Gasteiger partial charge in [0.15, 0.2) is 23.4 Å². The molecule has 34 heavy (non-hydrogen) atoms. The van der Waals surface area contributed by atoms with Crippen LogP contribution >= 0.6 is 0 Å². The summed E-state index contributed by atoms with van der Waals surface area (Å²) < 4.78 is 20.9. The van der Waals surface area contributed by atoms with Crippen molar-refractivity contribution in [3.8, 4) is 28.7 Å². The van der Waals surface area contributed by atoms with Gasteiger partial charge in [0.05, 0.1) is 13.5 Å². The number of aromatic hydroxyl groups is 3. The van der Waals surface area contributed by atoms with Crippen LogP contribution in [0.5, 0.6) is 28.7 Å². The third-order valence-corrected chi connectivity index (χ3v) is 5.63. The van der Waals surface area contributed by atoms with Crippen LogP contribution in [0.15, 0.2) is 30.3 Å². The van der Waals surface area contributed by atoms with Gasteiger partial charge in [0.25, 0.3) is 0 Å². The van der Waals surface area contributed by atoms with Crippen LogP contribution in [0, 0.1) is 0 Å². The summed E-state index contributed by atoms with van der Waals surface area (Å²) in [6.45, 7) is 0. The van der Waals surface area contributed by atoms with Crippen molar-refractivity contribution in [3.05, 3.63) is 41.5 Å². The number of hydrogen-bond donors (Lipinski definition) is 6. The van der Waals surface area contributed by atoms with Crippen LogP contribution in [0.1, 0.15) is 28.4 Å². The largest absolute Gasteiger partial charge is 0.508 e. The second kappa shape index (κ2) is 8.99. The molecule has 12 heteroatoms. The molecule has 0 amide bonds. The molecule has 0 spiro atoms. The standard InChI is InChI=1S/C22H22O12/c1-31-21(30)20-18(28)17(27)19(29)22(34-20)33-13-7-12-14(16(26)15(13)25)10(24)6-11(32-12)8-2-4-9(23)5-3-8/h2-5,7,11,17-20,22-23,25-29H,6H2,1H3/t11-,17-,18-,19+,20-,22+/m0/s1. The summed E-state index contributed by atoms with van der Waals surface area (Å²) in [5.74, 6) is -3.90. The molecule has 2 aromatic carbocycles. The van der Waals surface area contributed by atoms with Crippen LogP contribution in [-0.4, -0.2) is 80.2 Å². The maximum atomic E-state index is 12.7. The normalized spacial score (nSPS) is 28.5. The van der Waals surface area contributed by atoms with E-state index in [1.165, 1.54) is 12.1 Å². The molecule has 4 rings (SSSR count). The minimum Gasteiger partial charge on any atom is -0.508 e. The first kappa shape index (κ1) is 23.6. The van der Waals surface area contributed by atoms with Crippen LogP contribution in [0.4, 0.5) is 0 Å². The number of fused-ring (bicyclic) bond motifs is 1. The maximum Gasteiger partial charge on any atom is 0.337 e. The lowest BCUT2D eigenvalue weighted by Gasteiger charge is -2.39. The van der Waals surface area contributed by atoms with Gasteiger partial charge >= 0.3 is 5.97 Å². The number of phenols is 3. The number of carbonyl (C=O) groups is 2. The molecule has 1 saturated heterocycles. The van der Waals surface area contributed by atoms with E-state index in [1.54, 1.807) is 12.1 Å². The monoisotopic (exact) mass is 478 g/mol. The maximum absolute atomic E-state index is 12.7. The molecule has 0 bridgehead atoms. The topological polar surface area (TPSA) is 192 Å². The van der Waals surface area contributed by atoms with Gasteiger partial charge in [-0.1, -0.05) is 12.1 Å². The molecule has 2 aliphatic heterocycles. The molecule has 0 aromatic heterocycles. The Kier molecular flexibility index (Phi) is 6.23. The van der Waals surface area contributed by atoms with Crippen LogP contribution < -0.4 is 9.47 Å². The molecular formula is C22H22O12. The summed E-state index contributed by atoms with van der Waals surface area (Å²) in [5, 5.41) is 60.6. The Morgan fingerprint density at radius 1 is 1.00 bits per heavy atom. The SMILES string of the molecule is COC(=O)[C@H]1O[C@@H](Oc2cc3c(c(O)c2O)C(=O)C[C@@H](c2ccc(O)cc2)O3)[C@H](O)[C@@H](O)[C@@H]1O. The molecule has 0 unspecified atom stereocenters. The molecule has 182 valence electrons. The summed E-state index contributed by atoms with van der Waals surface area (Å²) in [7, 11) is 1.03. The van der Waals surface area contributed by atoms with Crippen molar-refractivity contribution in [1.82, 2.24) is 0 Å². The molecular weight excluding hydrogens is 456 g/mol. The number of ketones is 1. The summed E-state index contributed by atoms with van der Waals surface area (Å²) >= 11 is 0. The van der Waals surface area contributed by atoms with E-state index in [0.717, 1.165) is 13.2 Å². The number of hydrogen-bond acceptors (Lipinski definition) is 12. The fraction of sp³-hybridized carbons (Fsp3) is 0.364. The Morgan fingerprint density at radius 3 is 2.32 bits per heavy atom. The number of phenolic OH excluding ortho intramolecular Hbond substituents is 3. The fourth-order valence-corrected chi connectivity index (χ4v) is 3.79. The number of aliphatic hydroxyl groups is 3. The van der Waals surface area contributed by atoms with E-state index in [4.69, 9.17) is 14.2 Å². The molecule has 6 atom stereocenters. The van der Waals surface area contributed by atoms with E-state index >= 15 is 0 Å². The molecule has 2 aromatic rings. The summed E-state index contributed by atoms with van der Waals surface area (Å²) in [4.78, 5) is 24.5. The molecule has 12 nitrogen and oxygen atoms in total. The van der Waals surface area contributed by atoms with Gasteiger partial charge in [-0.3, -0.25) is 4.79 Å². The van der Waals surface area contributed by atoms with Crippen molar-refractivity contribution >= 4 is 11.8 Å². The second-order valence-electron chi connectivity index (χ2n) is 7.81. The number of rotatable bonds is 4. The van der Waals surface area contributed by atoms with Crippen LogP contribution in [0.3, 0.4) is 0 Å². The highest BCUT2D eigenvalue weighted by molar-refractivity contribution is 6.03. The summed E-state index contributed by atoms with van der Waals surface area (Å²) in [6.07, 6.45) is -9.96. The first-order valence-corrected chi connectivity index (χ1v) is 10.1. The lowest BCUT2D eigenvalue weighted by atomic mass is 9.95. The molecule has 0 saturated carbocycles. The van der Waals surface area contributed by atoms with E-state index in [9.17, 15) is 40.2 Å². The van der Waals surface area contributed by atoms with Crippen molar-refractivity contribution in [1.29, 1.82) is 0 Å². The predicted octanol–water partition coefficient (Wildman–Crippen LogP) is -0.131. The van der Waals surface area contributed by atoms with Gasteiger partial charge in [-0.05, 0) is 17.7 Å². The number of esters is 1. The average molecular weight is 478 g/mol. The molecule has 0 aliphatic carbocycles. The highest BCUT2D eigenvalue weighted by Crippen LogP contribution is 2.49. The Morgan fingerprint density at radius 2 is 1.68 bits per heavy atom. The zero-order valence-electron chi connectivity index (χ0n) is 17.7. The lowest BCUT2D eigenvalue weighted by molar-refractivity contribution is -0.272. The van der Waals surface area contributed by atoms with E-state index in [0.29, 0.717) is 5.56 Å². The number of ether oxygens (including phenoxy) is 4. The van der Waals surface area contributed by atoms with Crippen molar-refractivity contribution in [2.75, 3.05) is 7.11 Å². The van der Waals surface area contributed by atoms with Gasteiger partial charge in [0.2, 0.25) is 12.0 Å². The minimum absolute atomic E-state index is 0.0214. The number of carbonyl (C=O) groups excluding carboxylic acids is 2. The van der Waals surface area contributed by atoms with Crippen molar-refractivity contribution in [2.24, 2.45) is 0 Å². The molecule has 1 fully saturated rings. The third-order valence-electron chi connectivity index (χ3n) is 5.63. The van der Waals surface area contributed by atoms with E-state index in [2.05, 4.69) is 4.74 Å². The first-order chi connectivity index (χ1) is 16.1. The zero-order chi connectivity index (χ0) is 24.7. The average Bonchev–Trinajstić information content (AvgIpc) is 2.82. The first-order valence-electron chi connectivity index (χ1n) is 10.1. The highest BCUT2D eigenvalue weighted by atomic mass is 16.7. The van der Waals surface area contributed by atoms with Gasteiger partial charge < -0.3 is 49.6 Å². The van der Waals surface area contributed by atoms with Gasteiger partial charge in [-0.25, -0.2) is 4.79 Å². The lowest BCUT2D eigenvalue weighted by Crippen LogP contribution is -2.61. The molecule has 2 heterocycles. The number of aliphatic hydroxyl groups excluding tert-OH is 3. The molecule has 0 radical (unpaired) electrons. The van der Waals surface area contributed by atoms with Gasteiger partial charge in [0, 0.05) is 6.07 Å². The molecule has 6 N–H and O–H groups in total. The van der Waals surface area contributed by atoms with Gasteiger partial charge in [-0.15, -0.1) is 0 Å². The minimum atomic E-state index is -1.87. The Labute approximate surface area is 192 Å². The van der Waals surface area contributed by atoms with Crippen LogP contribution in [-0.2, 0) is 14.3 Å². The van der Waals surface area contributed by atoms with E-state index in [1.807, 2.05) is 0 Å². The van der Waals surface area contributed by atoms with Crippen LogP contribution in [0.25, 0.3) is 0 Å². The second-order valence-corrected chi connectivity index (χ2v) is 7.81. The van der Waals surface area contributed by atoms with Gasteiger partial charge in [0.1, 0.15) is 41.5 Å². The Balaban J connectivity index is 1.64. The smallest absolute Gasteiger partial charge is 0.337 e. The fourth-order valence-electron chi connectivity index (χ4n) is 3.79. The van der Waals surface area contributed by atoms with Crippen molar-refractivity contribution in [2.45, 2.75) is 43.2 Å². The Hall–Kier alpha value is -3.58. The van der Waals surface area contributed by atoms with E-state index in [-0.39, 0.29) is 23.5 Å². The van der Waals surface area contributed by atoms with Crippen molar-refractivity contribution in [3.63, 3.8) is 0 Å². The summed E-state index contributed by atoms with van der Waals surface area (Å²) in [5.41, 5.74) is 0.281. The van der Waals surface area contributed by atoms with E-state index < -0.39 is 65.8 Å². The number of methoxy groups -OCH3 is 1. The number of benzene rings is 2. The highest BCUT2D eigenvalue weighted by Gasteiger charge is 2.49. The predicted molar refractivity (Wildman–Crippen MR) is 110 cm³/mol. The number of Topliss-reactive ketones (excluding diaryl/α,β-unsaturated/α-hetero) is 1. The zero-order valence-corrected chi connectivity index (χ0v) is 17.7. The van der Waals surface area contributed by atoms with Crippen molar-refractivity contribution < 1.29 is 59.2 Å². The molecule has 2 aliphatic rings. The van der Waals surface area contributed by atoms with Gasteiger partial charge in [-0.2, -0.15) is 0 Å². The third kappa shape index (κ3) is 4.07.